The number of halogens is 1. The van der Waals surface area contributed by atoms with Crippen LogP contribution in [0.25, 0.3) is 0 Å². The quantitative estimate of drug-likeness (QED) is 0.656. The van der Waals surface area contributed by atoms with Crippen LogP contribution >= 0.6 is 12.4 Å². The van der Waals surface area contributed by atoms with Gasteiger partial charge in [-0.05, 0) is 51.0 Å². The van der Waals surface area contributed by atoms with Gasteiger partial charge in [-0.2, -0.15) is 5.10 Å². The monoisotopic (exact) mass is 322 g/mol. The fourth-order valence-corrected chi connectivity index (χ4v) is 2.31. The molecular formula is C16H23ClN4O. The molecule has 2 rings (SSSR count). The minimum absolute atomic E-state index is 0. The Kier molecular flexibility index (Phi) is 6.43. The van der Waals surface area contributed by atoms with Crippen molar-refractivity contribution in [1.29, 1.82) is 0 Å². The highest BCUT2D eigenvalue weighted by molar-refractivity contribution is 5.96. The maximum absolute atomic E-state index is 12.1. The van der Waals surface area contributed by atoms with Crippen LogP contribution in [0.3, 0.4) is 0 Å². The van der Waals surface area contributed by atoms with Gasteiger partial charge in [0.05, 0.1) is 5.69 Å². The van der Waals surface area contributed by atoms with E-state index < -0.39 is 0 Å². The van der Waals surface area contributed by atoms with Crippen molar-refractivity contribution in [3.8, 4) is 0 Å². The lowest BCUT2D eigenvalue weighted by molar-refractivity contribution is 0.0952. The molecular weight excluding hydrogens is 300 g/mol. The van der Waals surface area contributed by atoms with Crippen LogP contribution in [0.5, 0.6) is 0 Å². The molecule has 5 nitrogen and oxygen atoms in total. The van der Waals surface area contributed by atoms with Crippen molar-refractivity contribution >= 4 is 24.0 Å². The van der Waals surface area contributed by atoms with E-state index in [-0.39, 0.29) is 18.3 Å². The van der Waals surface area contributed by atoms with E-state index in [9.17, 15) is 4.79 Å². The molecule has 0 unspecified atom stereocenters. The van der Waals surface area contributed by atoms with Gasteiger partial charge in [-0.25, -0.2) is 0 Å². The van der Waals surface area contributed by atoms with E-state index >= 15 is 0 Å². The van der Waals surface area contributed by atoms with Crippen molar-refractivity contribution < 1.29 is 4.79 Å². The van der Waals surface area contributed by atoms with Crippen molar-refractivity contribution in [2.24, 2.45) is 0 Å². The van der Waals surface area contributed by atoms with Gasteiger partial charge in [0.1, 0.15) is 0 Å². The van der Waals surface area contributed by atoms with E-state index in [0.717, 1.165) is 29.9 Å². The lowest BCUT2D eigenvalue weighted by atomic mass is 10.1. The number of aromatic nitrogens is 2. The second-order valence-corrected chi connectivity index (χ2v) is 5.33. The van der Waals surface area contributed by atoms with E-state index in [1.54, 1.807) is 12.1 Å². The molecule has 2 aromatic rings. The van der Waals surface area contributed by atoms with Crippen LogP contribution in [-0.4, -0.2) is 22.2 Å². The topological polar surface area (TPSA) is 72.9 Å². The van der Waals surface area contributed by atoms with Gasteiger partial charge < -0.3 is 11.1 Å². The number of hydrogen-bond donors (Lipinski definition) is 2. The molecule has 0 radical (unpaired) electrons. The highest BCUT2D eigenvalue weighted by Gasteiger charge is 2.08. The summed E-state index contributed by atoms with van der Waals surface area (Å²) in [7, 11) is 0. The van der Waals surface area contributed by atoms with Crippen LogP contribution in [-0.2, 0) is 6.54 Å². The fourth-order valence-electron chi connectivity index (χ4n) is 2.31. The van der Waals surface area contributed by atoms with E-state index in [0.29, 0.717) is 17.8 Å². The highest BCUT2D eigenvalue weighted by Crippen LogP contribution is 2.12. The first kappa shape index (κ1) is 18.0. The predicted octanol–water partition coefficient (Wildman–Crippen LogP) is 2.63. The number of nitrogens with one attached hydrogen (secondary N) is 1. The molecule has 0 atom stereocenters. The summed E-state index contributed by atoms with van der Waals surface area (Å²) in [5.74, 6) is -0.0758. The maximum atomic E-state index is 12.1. The Morgan fingerprint density at radius 1 is 1.27 bits per heavy atom. The van der Waals surface area contributed by atoms with Crippen LogP contribution in [0, 0.1) is 20.8 Å². The summed E-state index contributed by atoms with van der Waals surface area (Å²) in [6, 6.07) is 7.43. The molecule has 1 aromatic heterocycles. The van der Waals surface area contributed by atoms with E-state index in [1.165, 1.54) is 0 Å². The molecule has 120 valence electrons. The third-order valence-corrected chi connectivity index (χ3v) is 3.44. The lowest BCUT2D eigenvalue weighted by Gasteiger charge is -2.09. The number of nitrogens with zero attached hydrogens (tertiary/aromatic N) is 2. The van der Waals surface area contributed by atoms with Crippen molar-refractivity contribution in [3.63, 3.8) is 0 Å². The van der Waals surface area contributed by atoms with Gasteiger partial charge in [0.15, 0.2) is 0 Å². The average molecular weight is 323 g/mol. The molecule has 0 bridgehead atoms. The first-order chi connectivity index (χ1) is 9.97. The normalized spacial score (nSPS) is 10.1. The summed E-state index contributed by atoms with van der Waals surface area (Å²) in [5, 5.41) is 7.33. The Balaban J connectivity index is 0.00000242. The van der Waals surface area contributed by atoms with Gasteiger partial charge in [0.25, 0.3) is 5.91 Å². The molecule has 1 amide bonds. The van der Waals surface area contributed by atoms with Gasteiger partial charge in [0.2, 0.25) is 0 Å². The number of nitrogen functional groups attached to an aromatic ring is 1. The van der Waals surface area contributed by atoms with E-state index in [4.69, 9.17) is 5.73 Å². The smallest absolute Gasteiger partial charge is 0.251 e. The highest BCUT2D eigenvalue weighted by atomic mass is 35.5. The molecule has 0 fully saturated rings. The molecule has 0 saturated heterocycles. The molecule has 3 N–H and O–H groups in total. The van der Waals surface area contributed by atoms with E-state index in [1.807, 2.05) is 31.5 Å². The summed E-state index contributed by atoms with van der Waals surface area (Å²) in [5.41, 5.74) is 10.1. The van der Waals surface area contributed by atoms with Crippen molar-refractivity contribution in [1.82, 2.24) is 15.1 Å². The first-order valence-corrected chi connectivity index (χ1v) is 7.13. The van der Waals surface area contributed by atoms with Gasteiger partial charge in [-0.3, -0.25) is 9.48 Å². The summed E-state index contributed by atoms with van der Waals surface area (Å²) >= 11 is 0. The molecule has 6 heteroatoms. The second kappa shape index (κ2) is 7.84. The number of anilines is 1. The third-order valence-electron chi connectivity index (χ3n) is 3.44. The third kappa shape index (κ3) is 4.49. The Hall–Kier alpha value is -2.01. The van der Waals surface area contributed by atoms with Crippen LogP contribution < -0.4 is 11.1 Å². The van der Waals surface area contributed by atoms with Crippen molar-refractivity contribution in [3.05, 3.63) is 46.8 Å². The number of amides is 1. The molecule has 0 aliphatic rings. The fraction of sp³-hybridized carbons (Fsp3) is 0.375. The number of aryl methyl sites for hydroxylation is 4. The Morgan fingerprint density at radius 3 is 2.64 bits per heavy atom. The largest absolute Gasteiger partial charge is 0.399 e. The molecule has 0 spiro atoms. The van der Waals surface area contributed by atoms with Crippen LogP contribution in [0.2, 0.25) is 0 Å². The molecule has 0 aliphatic heterocycles. The number of nitrogens with two attached hydrogens (primary N) is 1. The standard InChI is InChI=1S/C16H22N4O.ClH/c1-11-5-6-14(17)10-15(11)16(21)18-7-4-8-20-13(3)9-12(2)19-20;/h5-6,9-10H,4,7-8,17H2,1-3H3,(H,18,21);1H. The number of carbonyl (C=O) groups is 1. The number of hydrogen-bond acceptors (Lipinski definition) is 3. The zero-order valence-corrected chi connectivity index (χ0v) is 14.0. The summed E-state index contributed by atoms with van der Waals surface area (Å²) in [6.45, 7) is 7.34. The van der Waals surface area contributed by atoms with Gasteiger partial charge in [-0.15, -0.1) is 12.4 Å². The number of rotatable bonds is 5. The average Bonchev–Trinajstić information content (AvgIpc) is 2.75. The van der Waals surface area contributed by atoms with Gasteiger partial charge in [0, 0.05) is 30.0 Å². The van der Waals surface area contributed by atoms with Gasteiger partial charge >= 0.3 is 0 Å². The minimum atomic E-state index is -0.0758. The van der Waals surface area contributed by atoms with Crippen LogP contribution in [0.1, 0.15) is 33.7 Å². The van der Waals surface area contributed by atoms with Crippen LogP contribution in [0.4, 0.5) is 5.69 Å². The SMILES string of the molecule is Cc1cc(C)n(CCCNC(=O)c2cc(N)ccc2C)n1.Cl. The van der Waals surface area contributed by atoms with E-state index in [2.05, 4.69) is 16.5 Å². The minimum Gasteiger partial charge on any atom is -0.399 e. The summed E-state index contributed by atoms with van der Waals surface area (Å²) in [6.07, 6.45) is 0.842. The summed E-state index contributed by atoms with van der Waals surface area (Å²) in [4.78, 5) is 12.1. The molecule has 1 heterocycles. The maximum Gasteiger partial charge on any atom is 0.251 e. The first-order valence-electron chi connectivity index (χ1n) is 7.13. The summed E-state index contributed by atoms with van der Waals surface area (Å²) < 4.78 is 1.97. The predicted molar refractivity (Wildman–Crippen MR) is 91.5 cm³/mol. The number of carbonyl (C=O) groups excluding carboxylic acids is 1. The molecule has 22 heavy (non-hydrogen) atoms. The van der Waals surface area contributed by atoms with Crippen LogP contribution in [0.15, 0.2) is 24.3 Å². The molecule has 0 aliphatic carbocycles. The Morgan fingerprint density at radius 2 is 2.00 bits per heavy atom. The van der Waals surface area contributed by atoms with Crippen molar-refractivity contribution in [2.75, 3.05) is 12.3 Å². The molecule has 0 saturated carbocycles. The number of benzene rings is 1. The zero-order valence-electron chi connectivity index (χ0n) is 13.2. The second-order valence-electron chi connectivity index (χ2n) is 5.33. The zero-order chi connectivity index (χ0) is 15.4. The Bertz CT molecular complexity index is 652. The Labute approximate surface area is 137 Å². The van der Waals surface area contributed by atoms with Crippen molar-refractivity contribution in [2.45, 2.75) is 33.7 Å². The van der Waals surface area contributed by atoms with Gasteiger partial charge in [-0.1, -0.05) is 6.07 Å². The lowest BCUT2D eigenvalue weighted by Crippen LogP contribution is -2.26. The molecule has 1 aromatic carbocycles.